The molecule has 1 atom stereocenters. The van der Waals surface area contributed by atoms with E-state index in [1.165, 1.54) is 65.1 Å². The first-order valence-electron chi connectivity index (χ1n) is 20.8. The fourth-order valence-electron chi connectivity index (χ4n) is 9.82. The lowest BCUT2D eigenvalue weighted by Crippen LogP contribution is -2.32. The van der Waals surface area contributed by atoms with E-state index in [9.17, 15) is 0 Å². The fourth-order valence-corrected chi connectivity index (χ4v) is 11.0. The molecular formula is C58H35N3S. The second-order valence-corrected chi connectivity index (χ2v) is 17.0. The van der Waals surface area contributed by atoms with Crippen LogP contribution in [-0.2, 0) is 5.41 Å². The molecule has 62 heavy (non-hydrogen) atoms. The summed E-state index contributed by atoms with van der Waals surface area (Å²) in [5, 5.41) is 2.37. The number of aromatic nitrogens is 2. The molecular weight excluding hydrogens is 771 g/mol. The van der Waals surface area contributed by atoms with Gasteiger partial charge in [-0.3, -0.25) is 0 Å². The van der Waals surface area contributed by atoms with Crippen LogP contribution in [0.5, 0.6) is 0 Å². The summed E-state index contributed by atoms with van der Waals surface area (Å²) in [5.41, 5.74) is 17.1. The zero-order valence-electron chi connectivity index (χ0n) is 33.5. The lowest BCUT2D eigenvalue weighted by Gasteiger charge is -2.40. The van der Waals surface area contributed by atoms with Gasteiger partial charge in [0.15, 0.2) is 11.5 Å². The van der Waals surface area contributed by atoms with E-state index in [0.717, 1.165) is 39.2 Å². The molecule has 2 heterocycles. The van der Waals surface area contributed by atoms with Gasteiger partial charge in [-0.1, -0.05) is 194 Å². The van der Waals surface area contributed by atoms with Crippen molar-refractivity contribution in [2.24, 2.45) is 0 Å². The molecule has 1 aliphatic carbocycles. The normalized spacial score (nSPS) is 14.4. The highest BCUT2D eigenvalue weighted by Crippen LogP contribution is 2.63. The third-order valence-corrected chi connectivity index (χ3v) is 13.8. The van der Waals surface area contributed by atoms with Crippen molar-refractivity contribution in [3.05, 3.63) is 246 Å². The van der Waals surface area contributed by atoms with Crippen LogP contribution in [0.15, 0.2) is 222 Å². The molecule has 0 saturated carbocycles. The Morgan fingerprint density at radius 2 is 0.887 bits per heavy atom. The Morgan fingerprint density at radius 3 is 1.58 bits per heavy atom. The molecule has 4 heteroatoms. The van der Waals surface area contributed by atoms with Gasteiger partial charge < -0.3 is 0 Å². The van der Waals surface area contributed by atoms with Crippen molar-refractivity contribution in [3.63, 3.8) is 0 Å². The van der Waals surface area contributed by atoms with Crippen molar-refractivity contribution in [2.45, 2.75) is 15.2 Å². The molecule has 1 spiro atoms. The van der Waals surface area contributed by atoms with E-state index >= 15 is 0 Å². The summed E-state index contributed by atoms with van der Waals surface area (Å²) < 4.78 is 0. The quantitative estimate of drug-likeness (QED) is 0.162. The van der Waals surface area contributed by atoms with Crippen LogP contribution in [-0.4, -0.2) is 9.97 Å². The largest absolute Gasteiger partial charge is 0.238 e. The van der Waals surface area contributed by atoms with Crippen molar-refractivity contribution in [3.8, 4) is 67.3 Å². The van der Waals surface area contributed by atoms with E-state index < -0.39 is 5.41 Å². The Bertz CT molecular complexity index is 3390. The van der Waals surface area contributed by atoms with Crippen LogP contribution in [0.2, 0.25) is 0 Å². The number of fused-ring (bicyclic) bond motifs is 10. The minimum atomic E-state index is -0.602. The summed E-state index contributed by atoms with van der Waals surface area (Å²) in [4.78, 5) is 16.7. The second kappa shape index (κ2) is 14.4. The van der Waals surface area contributed by atoms with Gasteiger partial charge in [-0.15, -0.1) is 0 Å². The Morgan fingerprint density at radius 1 is 0.371 bits per heavy atom. The molecule has 2 aliphatic rings. The van der Waals surface area contributed by atoms with Gasteiger partial charge in [0.1, 0.15) is 0 Å². The average Bonchev–Trinajstić information content (AvgIpc) is 3.64. The van der Waals surface area contributed by atoms with E-state index in [4.69, 9.17) is 16.5 Å². The maximum Gasteiger partial charge on any atom is 0.187 e. The molecule has 1 unspecified atom stereocenters. The lowest BCUT2D eigenvalue weighted by molar-refractivity contribution is 0.723. The molecule has 0 bridgehead atoms. The van der Waals surface area contributed by atoms with Gasteiger partial charge in [-0.05, 0) is 96.7 Å². The van der Waals surface area contributed by atoms with Crippen molar-refractivity contribution < 1.29 is 0 Å². The van der Waals surface area contributed by atoms with Gasteiger partial charge in [0.2, 0.25) is 0 Å². The monoisotopic (exact) mass is 805 g/mol. The molecule has 1 aromatic heterocycles. The van der Waals surface area contributed by atoms with Crippen LogP contribution in [0, 0.1) is 6.57 Å². The van der Waals surface area contributed by atoms with Crippen molar-refractivity contribution in [2.75, 3.05) is 0 Å². The molecule has 0 N–H and O–H groups in total. The van der Waals surface area contributed by atoms with Gasteiger partial charge in [-0.2, -0.15) is 0 Å². The smallest absolute Gasteiger partial charge is 0.187 e. The Balaban J connectivity index is 1.09. The van der Waals surface area contributed by atoms with Crippen LogP contribution in [0.3, 0.4) is 0 Å². The van der Waals surface area contributed by atoms with Gasteiger partial charge in [0.25, 0.3) is 0 Å². The minimum Gasteiger partial charge on any atom is -0.238 e. The van der Waals surface area contributed by atoms with Crippen LogP contribution in [0.25, 0.3) is 82.9 Å². The third-order valence-electron chi connectivity index (χ3n) is 12.6. The Labute approximate surface area is 364 Å². The Kier molecular flexibility index (Phi) is 8.38. The van der Waals surface area contributed by atoms with Crippen LogP contribution < -0.4 is 0 Å². The molecule has 1 aliphatic heterocycles. The fraction of sp³-hybridized carbons (Fsp3) is 0.0172. The zero-order chi connectivity index (χ0) is 41.2. The molecule has 3 nitrogen and oxygen atoms in total. The summed E-state index contributed by atoms with van der Waals surface area (Å²) in [7, 11) is 0. The lowest BCUT2D eigenvalue weighted by atomic mass is 9.66. The number of nitrogens with zero attached hydrogens (tertiary/aromatic N) is 3. The van der Waals surface area contributed by atoms with Gasteiger partial charge in [0.05, 0.1) is 23.4 Å². The van der Waals surface area contributed by atoms with Crippen LogP contribution >= 0.6 is 11.8 Å². The highest BCUT2D eigenvalue weighted by atomic mass is 32.2. The van der Waals surface area contributed by atoms with Crippen molar-refractivity contribution in [1.29, 1.82) is 0 Å². The number of rotatable bonds is 5. The van der Waals surface area contributed by atoms with Gasteiger partial charge in [-0.25, -0.2) is 14.8 Å². The summed E-state index contributed by atoms with van der Waals surface area (Å²) >= 11 is 1.86. The van der Waals surface area contributed by atoms with Crippen molar-refractivity contribution >= 4 is 28.2 Å². The molecule has 0 amide bonds. The van der Waals surface area contributed by atoms with E-state index in [1.807, 2.05) is 36.0 Å². The summed E-state index contributed by atoms with van der Waals surface area (Å²) in [6.45, 7) is 7.46. The van der Waals surface area contributed by atoms with E-state index in [0.29, 0.717) is 11.5 Å². The van der Waals surface area contributed by atoms with Gasteiger partial charge in [0, 0.05) is 26.5 Å². The van der Waals surface area contributed by atoms with E-state index in [2.05, 4.69) is 193 Å². The van der Waals surface area contributed by atoms with E-state index in [-0.39, 0.29) is 0 Å². The predicted octanol–water partition coefficient (Wildman–Crippen LogP) is 15.3. The molecule has 288 valence electrons. The highest BCUT2D eigenvalue weighted by Gasteiger charge is 2.50. The topological polar surface area (TPSA) is 30.1 Å². The molecule has 10 aromatic rings. The number of hydrogen-bond acceptors (Lipinski definition) is 3. The van der Waals surface area contributed by atoms with Crippen molar-refractivity contribution in [1.82, 2.24) is 9.97 Å². The van der Waals surface area contributed by atoms with Crippen LogP contribution in [0.1, 0.15) is 22.3 Å². The molecule has 0 saturated heterocycles. The standard InChI is InChI=1S/C58H35N3S/c1-59-42-28-24-37(25-29-42)43-31-32-44(46-19-9-8-18-45(43)46)40-27-33-56-52(34-40)58(50-22-12-13-23-55(50)62-56)49-21-11-10-20-47(49)48-30-26-41(35-51(48)58)57-60-53(38-14-4-2-5-15-38)36-54(61-57)39-16-6-3-7-17-39/h2-36H. The number of hydrogen-bond donors (Lipinski definition) is 0. The first-order chi connectivity index (χ1) is 30.7. The van der Waals surface area contributed by atoms with E-state index in [1.54, 1.807) is 0 Å². The minimum absolute atomic E-state index is 0.602. The average molecular weight is 806 g/mol. The predicted molar refractivity (Wildman–Crippen MR) is 254 cm³/mol. The van der Waals surface area contributed by atoms with Gasteiger partial charge >= 0.3 is 0 Å². The first kappa shape index (κ1) is 36.0. The molecule has 0 fully saturated rings. The zero-order valence-corrected chi connectivity index (χ0v) is 34.3. The molecule has 9 aromatic carbocycles. The third kappa shape index (κ3) is 5.60. The maximum atomic E-state index is 7.46. The maximum absolute atomic E-state index is 7.46. The second-order valence-electron chi connectivity index (χ2n) is 15.9. The molecule has 12 rings (SSSR count). The number of benzene rings is 9. The Hall–Kier alpha value is -7.84. The highest BCUT2D eigenvalue weighted by molar-refractivity contribution is 7.99. The molecule has 0 radical (unpaired) electrons. The summed E-state index contributed by atoms with van der Waals surface area (Å²) in [6, 6.07) is 75.9. The SMILES string of the molecule is [C-]#[N+]c1ccc(-c2ccc(-c3ccc4c(c3)C3(c5ccccc5S4)c4ccccc4-c4ccc(-c5nc(-c6ccccc6)cc(-c6ccccc6)n5)cc43)c3ccccc23)cc1. The first-order valence-corrected chi connectivity index (χ1v) is 21.7. The summed E-state index contributed by atoms with van der Waals surface area (Å²) in [6.07, 6.45) is 0. The summed E-state index contributed by atoms with van der Waals surface area (Å²) in [5.74, 6) is 0.696. The van der Waals surface area contributed by atoms with Crippen LogP contribution in [0.4, 0.5) is 5.69 Å².